The smallest absolute Gasteiger partial charge is 0.207 e. The molecule has 2 aromatic rings. The lowest BCUT2D eigenvalue weighted by Crippen LogP contribution is -2.36. The molecule has 1 aromatic carbocycles. The highest BCUT2D eigenvalue weighted by Gasteiger charge is 2.22. The third-order valence-corrected chi connectivity index (χ3v) is 2.67. The van der Waals surface area contributed by atoms with Gasteiger partial charge in [0.1, 0.15) is 5.82 Å². The Labute approximate surface area is 100 Å². The zero-order valence-corrected chi connectivity index (χ0v) is 9.90. The van der Waals surface area contributed by atoms with Gasteiger partial charge in [-0.05, 0) is 19.4 Å². The molecular weight excluding hydrogens is 214 g/mol. The van der Waals surface area contributed by atoms with Gasteiger partial charge in [-0.25, -0.2) is 4.98 Å². The average molecular weight is 229 g/mol. The number of nitrogens with zero attached hydrogens (tertiary/aromatic N) is 1. The molecule has 0 unspecified atom stereocenters. The number of benzene rings is 1. The third kappa shape index (κ3) is 2.36. The maximum Gasteiger partial charge on any atom is 0.207 e. The number of nitrogens with one attached hydrogen (secondary N) is 2. The maximum atomic E-state index is 10.5. The highest BCUT2D eigenvalue weighted by molar-refractivity contribution is 5.58. The Bertz CT molecular complexity index is 502. The van der Waals surface area contributed by atoms with E-state index < -0.39 is 5.54 Å². The van der Waals surface area contributed by atoms with Crippen LogP contribution in [0.25, 0.3) is 11.3 Å². The Hall–Kier alpha value is -2.10. The summed E-state index contributed by atoms with van der Waals surface area (Å²) in [5.41, 5.74) is 1.53. The Balaban J connectivity index is 2.31. The molecule has 17 heavy (non-hydrogen) atoms. The molecule has 0 bridgehead atoms. The Morgan fingerprint density at radius 2 is 2.00 bits per heavy atom. The van der Waals surface area contributed by atoms with E-state index in [2.05, 4.69) is 15.3 Å². The molecule has 0 aliphatic carbocycles. The molecule has 0 radical (unpaired) electrons. The Kier molecular flexibility index (Phi) is 2.95. The van der Waals surface area contributed by atoms with E-state index in [0.717, 1.165) is 17.1 Å². The van der Waals surface area contributed by atoms with Gasteiger partial charge in [-0.15, -0.1) is 0 Å². The maximum absolute atomic E-state index is 10.5. The predicted octanol–water partition coefficient (Wildman–Crippen LogP) is 2.06. The van der Waals surface area contributed by atoms with Gasteiger partial charge in [0.05, 0.1) is 17.4 Å². The van der Waals surface area contributed by atoms with Gasteiger partial charge in [0.25, 0.3) is 0 Å². The molecule has 1 heterocycles. The SMILES string of the molecule is CC(C)(NC=O)c1ncc(-c2ccccc2)[nH]1. The van der Waals surface area contributed by atoms with Gasteiger partial charge in [-0.1, -0.05) is 30.3 Å². The van der Waals surface area contributed by atoms with Crippen LogP contribution in [0.5, 0.6) is 0 Å². The van der Waals surface area contributed by atoms with Crippen LogP contribution in [-0.2, 0) is 10.3 Å². The topological polar surface area (TPSA) is 57.8 Å². The van der Waals surface area contributed by atoms with E-state index in [0.29, 0.717) is 6.41 Å². The number of carbonyl (C=O) groups is 1. The van der Waals surface area contributed by atoms with Crippen LogP contribution in [0.4, 0.5) is 0 Å². The molecule has 2 N–H and O–H groups in total. The molecule has 0 aliphatic heterocycles. The van der Waals surface area contributed by atoms with Crippen LogP contribution in [0.2, 0.25) is 0 Å². The Morgan fingerprint density at radius 3 is 2.65 bits per heavy atom. The minimum Gasteiger partial charge on any atom is -0.347 e. The fourth-order valence-corrected chi connectivity index (χ4v) is 1.62. The highest BCUT2D eigenvalue weighted by Crippen LogP contribution is 2.21. The first-order valence-corrected chi connectivity index (χ1v) is 5.46. The number of rotatable bonds is 4. The van der Waals surface area contributed by atoms with Gasteiger partial charge in [0.15, 0.2) is 0 Å². The number of aromatic amines is 1. The lowest BCUT2D eigenvalue weighted by molar-refractivity contribution is -0.111. The second-order valence-electron chi connectivity index (χ2n) is 4.40. The second-order valence-corrected chi connectivity index (χ2v) is 4.40. The summed E-state index contributed by atoms with van der Waals surface area (Å²) in [6, 6.07) is 9.95. The quantitative estimate of drug-likeness (QED) is 0.788. The van der Waals surface area contributed by atoms with Crippen molar-refractivity contribution in [1.29, 1.82) is 0 Å². The van der Waals surface area contributed by atoms with Gasteiger partial charge in [0, 0.05) is 0 Å². The number of hydrogen-bond acceptors (Lipinski definition) is 2. The number of H-pyrrole nitrogens is 1. The lowest BCUT2D eigenvalue weighted by Gasteiger charge is -2.20. The van der Waals surface area contributed by atoms with Gasteiger partial charge in [-0.3, -0.25) is 4.79 Å². The van der Waals surface area contributed by atoms with Crippen molar-refractivity contribution in [3.05, 3.63) is 42.4 Å². The van der Waals surface area contributed by atoms with E-state index >= 15 is 0 Å². The molecule has 0 saturated carbocycles. The molecule has 88 valence electrons. The van der Waals surface area contributed by atoms with Crippen molar-refractivity contribution in [2.24, 2.45) is 0 Å². The normalized spacial score (nSPS) is 11.2. The number of imidazole rings is 1. The van der Waals surface area contributed by atoms with Crippen LogP contribution in [-0.4, -0.2) is 16.4 Å². The van der Waals surface area contributed by atoms with Crippen molar-refractivity contribution in [2.45, 2.75) is 19.4 Å². The van der Waals surface area contributed by atoms with Crippen molar-refractivity contribution in [3.8, 4) is 11.3 Å². The molecule has 4 nitrogen and oxygen atoms in total. The molecule has 2 rings (SSSR count). The van der Waals surface area contributed by atoms with E-state index in [9.17, 15) is 4.79 Å². The number of aromatic nitrogens is 2. The minimum absolute atomic E-state index is 0.491. The fraction of sp³-hybridized carbons (Fsp3) is 0.231. The van der Waals surface area contributed by atoms with Crippen LogP contribution < -0.4 is 5.32 Å². The zero-order chi connectivity index (χ0) is 12.3. The molecule has 0 saturated heterocycles. The summed E-state index contributed by atoms with van der Waals surface area (Å²) in [5.74, 6) is 0.739. The monoisotopic (exact) mass is 229 g/mol. The van der Waals surface area contributed by atoms with E-state index in [1.807, 2.05) is 44.2 Å². The molecule has 0 atom stereocenters. The minimum atomic E-state index is -0.491. The van der Waals surface area contributed by atoms with Crippen molar-refractivity contribution in [1.82, 2.24) is 15.3 Å². The highest BCUT2D eigenvalue weighted by atomic mass is 16.1. The van der Waals surface area contributed by atoms with Crippen LogP contribution in [0.15, 0.2) is 36.5 Å². The molecule has 1 aromatic heterocycles. The van der Waals surface area contributed by atoms with Crippen molar-refractivity contribution in [3.63, 3.8) is 0 Å². The predicted molar refractivity (Wildman–Crippen MR) is 66.2 cm³/mol. The number of amides is 1. The van der Waals surface area contributed by atoms with Crippen LogP contribution >= 0.6 is 0 Å². The molecule has 1 amide bonds. The molecular formula is C13H15N3O. The zero-order valence-electron chi connectivity index (χ0n) is 9.90. The first-order valence-electron chi connectivity index (χ1n) is 5.46. The summed E-state index contributed by atoms with van der Waals surface area (Å²) in [4.78, 5) is 18.0. The summed E-state index contributed by atoms with van der Waals surface area (Å²) in [6.07, 6.45) is 2.46. The average Bonchev–Trinajstić information content (AvgIpc) is 2.80. The van der Waals surface area contributed by atoms with Crippen molar-refractivity contribution in [2.75, 3.05) is 0 Å². The van der Waals surface area contributed by atoms with Gasteiger partial charge in [-0.2, -0.15) is 0 Å². The summed E-state index contributed by atoms with van der Waals surface area (Å²) in [6.45, 7) is 3.80. The van der Waals surface area contributed by atoms with E-state index in [-0.39, 0.29) is 0 Å². The van der Waals surface area contributed by atoms with E-state index in [1.165, 1.54) is 0 Å². The fourth-order valence-electron chi connectivity index (χ4n) is 1.62. The summed E-state index contributed by atoms with van der Waals surface area (Å²) in [7, 11) is 0. The second kappa shape index (κ2) is 4.41. The van der Waals surface area contributed by atoms with Gasteiger partial charge < -0.3 is 10.3 Å². The Morgan fingerprint density at radius 1 is 1.29 bits per heavy atom. The summed E-state index contributed by atoms with van der Waals surface area (Å²) >= 11 is 0. The largest absolute Gasteiger partial charge is 0.347 e. The third-order valence-electron chi connectivity index (χ3n) is 2.67. The summed E-state index contributed by atoms with van der Waals surface area (Å²) in [5, 5.41) is 2.73. The van der Waals surface area contributed by atoms with Crippen LogP contribution in [0.1, 0.15) is 19.7 Å². The van der Waals surface area contributed by atoms with Gasteiger partial charge in [0.2, 0.25) is 6.41 Å². The standard InChI is InChI=1S/C13H15N3O/c1-13(2,15-9-17)12-14-8-11(16-12)10-6-4-3-5-7-10/h3-9H,1-2H3,(H,14,16)(H,15,17). The first kappa shape index (κ1) is 11.4. The molecule has 4 heteroatoms. The summed E-state index contributed by atoms with van der Waals surface area (Å²) < 4.78 is 0. The molecule has 0 aliphatic rings. The molecule has 0 spiro atoms. The van der Waals surface area contributed by atoms with E-state index in [1.54, 1.807) is 6.20 Å². The van der Waals surface area contributed by atoms with E-state index in [4.69, 9.17) is 0 Å². The molecule has 0 fully saturated rings. The number of carbonyl (C=O) groups excluding carboxylic acids is 1. The first-order chi connectivity index (χ1) is 8.13. The van der Waals surface area contributed by atoms with Crippen molar-refractivity contribution >= 4 is 6.41 Å². The van der Waals surface area contributed by atoms with Gasteiger partial charge >= 0.3 is 0 Å². The van der Waals surface area contributed by atoms with Crippen LogP contribution in [0, 0.1) is 0 Å². The van der Waals surface area contributed by atoms with Crippen molar-refractivity contribution < 1.29 is 4.79 Å². The van der Waals surface area contributed by atoms with Crippen LogP contribution in [0.3, 0.4) is 0 Å². The number of hydrogen-bond donors (Lipinski definition) is 2. The lowest BCUT2D eigenvalue weighted by atomic mass is 10.1.